The Labute approximate surface area is 137 Å². The summed E-state index contributed by atoms with van der Waals surface area (Å²) in [6.07, 6.45) is 4.96. The number of nitrogens with one attached hydrogen (secondary N) is 1. The van der Waals surface area contributed by atoms with Gasteiger partial charge in [-0.2, -0.15) is 0 Å². The number of rotatable bonds is 4. The van der Waals surface area contributed by atoms with Crippen LogP contribution in [0.2, 0.25) is 0 Å². The molecule has 3 heterocycles. The van der Waals surface area contributed by atoms with Gasteiger partial charge in [-0.3, -0.25) is 9.69 Å². The van der Waals surface area contributed by atoms with E-state index in [1.807, 2.05) is 13.1 Å². The first-order valence-corrected chi connectivity index (χ1v) is 8.53. The van der Waals surface area contributed by atoms with E-state index in [0.29, 0.717) is 37.7 Å². The van der Waals surface area contributed by atoms with Gasteiger partial charge in [0.05, 0.1) is 31.5 Å². The maximum atomic E-state index is 12.5. The maximum Gasteiger partial charge on any atom is 0.237 e. The second kappa shape index (κ2) is 6.93. The van der Waals surface area contributed by atoms with Crippen LogP contribution in [-0.2, 0) is 29.1 Å². The number of carbonyl (C=O) groups is 1. The fraction of sp³-hybridized carbons (Fsp3) is 0.706. The van der Waals surface area contributed by atoms with Gasteiger partial charge in [-0.15, -0.1) is 0 Å². The van der Waals surface area contributed by atoms with Crippen molar-refractivity contribution >= 4 is 5.91 Å². The fourth-order valence-electron chi connectivity index (χ4n) is 3.68. The number of likely N-dealkylation sites (tertiary alicyclic amines) is 1. The molecular formula is C17H26N4O2. The van der Waals surface area contributed by atoms with Gasteiger partial charge in [0.15, 0.2) is 0 Å². The first-order chi connectivity index (χ1) is 11.1. The average molecular weight is 318 g/mol. The number of amides is 1. The lowest BCUT2D eigenvalue weighted by Crippen LogP contribution is -2.49. The molecule has 0 spiro atoms. The summed E-state index contributed by atoms with van der Waals surface area (Å²) in [5.41, 5.74) is 2.10. The Morgan fingerprint density at radius 1 is 1.43 bits per heavy atom. The van der Waals surface area contributed by atoms with Crippen molar-refractivity contribution in [3.8, 4) is 0 Å². The molecule has 6 heteroatoms. The van der Waals surface area contributed by atoms with Crippen molar-refractivity contribution in [3.05, 3.63) is 23.3 Å². The summed E-state index contributed by atoms with van der Waals surface area (Å²) in [6.45, 7) is 8.05. The largest absolute Gasteiger partial charge is 0.376 e. The van der Waals surface area contributed by atoms with Crippen LogP contribution in [0, 0.1) is 0 Å². The van der Waals surface area contributed by atoms with Gasteiger partial charge in [0.1, 0.15) is 5.82 Å². The van der Waals surface area contributed by atoms with Gasteiger partial charge >= 0.3 is 0 Å². The first-order valence-electron chi connectivity index (χ1n) is 8.53. The molecule has 0 saturated carbocycles. The molecule has 2 aliphatic rings. The summed E-state index contributed by atoms with van der Waals surface area (Å²) in [4.78, 5) is 23.6. The molecule has 0 radical (unpaired) electrons. The van der Waals surface area contributed by atoms with Crippen molar-refractivity contribution < 1.29 is 9.53 Å². The highest BCUT2D eigenvalue weighted by Crippen LogP contribution is 2.25. The smallest absolute Gasteiger partial charge is 0.237 e. The van der Waals surface area contributed by atoms with Crippen LogP contribution >= 0.6 is 0 Å². The van der Waals surface area contributed by atoms with Gasteiger partial charge in [0, 0.05) is 30.3 Å². The van der Waals surface area contributed by atoms with Crippen LogP contribution in [0.25, 0.3) is 0 Å². The van der Waals surface area contributed by atoms with E-state index in [0.717, 1.165) is 30.5 Å². The van der Waals surface area contributed by atoms with E-state index in [-0.39, 0.29) is 11.9 Å². The number of aromatic nitrogens is 2. The Hall–Kier alpha value is -1.53. The molecule has 1 amide bonds. The quantitative estimate of drug-likeness (QED) is 0.909. The van der Waals surface area contributed by atoms with Crippen molar-refractivity contribution in [2.24, 2.45) is 0 Å². The van der Waals surface area contributed by atoms with Crippen LogP contribution in [0.15, 0.2) is 6.20 Å². The topological polar surface area (TPSA) is 67.4 Å². The maximum absolute atomic E-state index is 12.5. The van der Waals surface area contributed by atoms with E-state index < -0.39 is 0 Å². The van der Waals surface area contributed by atoms with E-state index in [1.54, 1.807) is 0 Å². The molecule has 2 aliphatic heterocycles. The van der Waals surface area contributed by atoms with E-state index in [2.05, 4.69) is 34.0 Å². The number of ether oxygens (including phenoxy) is 1. The lowest BCUT2D eigenvalue weighted by molar-refractivity contribution is -0.127. The molecule has 1 N–H and O–H groups in total. The van der Waals surface area contributed by atoms with Crippen LogP contribution in [0.4, 0.5) is 0 Å². The first kappa shape index (κ1) is 16.3. The summed E-state index contributed by atoms with van der Waals surface area (Å²) in [7, 11) is 0. The molecule has 23 heavy (non-hydrogen) atoms. The van der Waals surface area contributed by atoms with E-state index in [4.69, 9.17) is 4.74 Å². The third-order valence-corrected chi connectivity index (χ3v) is 5.01. The predicted molar refractivity (Wildman–Crippen MR) is 86.7 cm³/mol. The van der Waals surface area contributed by atoms with Gasteiger partial charge in [-0.1, -0.05) is 0 Å². The number of hydrogen-bond acceptors (Lipinski definition) is 5. The summed E-state index contributed by atoms with van der Waals surface area (Å²) in [6, 6.07) is 0.810. The standard InChI is InChI=1S/C17H26N4O2/c1-11-4-5-12(2)21(11)13(3)17(22)19-9-16-18-8-14-10-23-7-6-15(14)20-16/h8,11-13H,4-7,9-10H2,1-3H3,(H,19,22). The molecule has 1 aromatic rings. The van der Waals surface area contributed by atoms with Crippen LogP contribution in [-0.4, -0.2) is 45.5 Å². The molecule has 1 fully saturated rings. The predicted octanol–water partition coefficient (Wildman–Crippen LogP) is 1.43. The zero-order chi connectivity index (χ0) is 16.4. The molecular weight excluding hydrogens is 292 g/mol. The molecule has 3 unspecified atom stereocenters. The van der Waals surface area contributed by atoms with Crippen LogP contribution in [0.1, 0.15) is 50.7 Å². The summed E-state index contributed by atoms with van der Waals surface area (Å²) in [5.74, 6) is 0.726. The molecule has 0 bridgehead atoms. The van der Waals surface area contributed by atoms with Gasteiger partial charge < -0.3 is 10.1 Å². The Bertz CT molecular complexity index is 568. The Morgan fingerprint density at radius 2 is 2.17 bits per heavy atom. The molecule has 6 nitrogen and oxygen atoms in total. The van der Waals surface area contributed by atoms with Crippen molar-refractivity contribution in [3.63, 3.8) is 0 Å². The molecule has 0 aromatic carbocycles. The molecule has 3 rings (SSSR count). The molecule has 3 atom stereocenters. The highest BCUT2D eigenvalue weighted by atomic mass is 16.5. The molecule has 126 valence electrons. The van der Waals surface area contributed by atoms with Gasteiger partial charge in [-0.25, -0.2) is 9.97 Å². The van der Waals surface area contributed by atoms with E-state index >= 15 is 0 Å². The van der Waals surface area contributed by atoms with Crippen molar-refractivity contribution in [1.29, 1.82) is 0 Å². The highest BCUT2D eigenvalue weighted by Gasteiger charge is 2.34. The van der Waals surface area contributed by atoms with Gasteiger partial charge in [0.25, 0.3) is 0 Å². The normalized spacial score (nSPS) is 25.9. The molecule has 1 saturated heterocycles. The van der Waals surface area contributed by atoms with E-state index in [1.165, 1.54) is 0 Å². The van der Waals surface area contributed by atoms with Crippen molar-refractivity contribution in [2.75, 3.05) is 6.61 Å². The minimum Gasteiger partial charge on any atom is -0.376 e. The Kier molecular flexibility index (Phi) is 4.92. The number of nitrogens with zero attached hydrogens (tertiary/aromatic N) is 3. The van der Waals surface area contributed by atoms with Crippen LogP contribution in [0.3, 0.4) is 0 Å². The highest BCUT2D eigenvalue weighted by molar-refractivity contribution is 5.81. The zero-order valence-corrected chi connectivity index (χ0v) is 14.2. The minimum atomic E-state index is -0.117. The van der Waals surface area contributed by atoms with Crippen LogP contribution < -0.4 is 5.32 Å². The average Bonchev–Trinajstić information content (AvgIpc) is 2.90. The second-order valence-electron chi connectivity index (χ2n) is 6.68. The van der Waals surface area contributed by atoms with Gasteiger partial charge in [-0.05, 0) is 33.6 Å². The lowest BCUT2D eigenvalue weighted by atomic mass is 10.1. The Morgan fingerprint density at radius 3 is 2.91 bits per heavy atom. The lowest BCUT2D eigenvalue weighted by Gasteiger charge is -2.31. The van der Waals surface area contributed by atoms with E-state index in [9.17, 15) is 4.79 Å². The number of hydrogen-bond donors (Lipinski definition) is 1. The molecule has 0 aliphatic carbocycles. The monoisotopic (exact) mass is 318 g/mol. The Balaban J connectivity index is 1.58. The second-order valence-corrected chi connectivity index (χ2v) is 6.68. The number of carbonyl (C=O) groups excluding carboxylic acids is 1. The van der Waals surface area contributed by atoms with Crippen molar-refractivity contribution in [1.82, 2.24) is 20.2 Å². The summed E-state index contributed by atoms with van der Waals surface area (Å²) in [5, 5.41) is 2.99. The summed E-state index contributed by atoms with van der Waals surface area (Å²) < 4.78 is 5.39. The minimum absolute atomic E-state index is 0.0512. The summed E-state index contributed by atoms with van der Waals surface area (Å²) >= 11 is 0. The molecule has 1 aromatic heterocycles. The van der Waals surface area contributed by atoms with Crippen LogP contribution in [0.5, 0.6) is 0 Å². The third kappa shape index (κ3) is 3.53. The fourth-order valence-corrected chi connectivity index (χ4v) is 3.68. The SMILES string of the molecule is CC1CCC(C)N1C(C)C(=O)NCc1ncc2c(n1)CCOC2. The van der Waals surface area contributed by atoms with Crippen molar-refractivity contribution in [2.45, 2.75) is 71.3 Å². The van der Waals surface area contributed by atoms with Gasteiger partial charge in [0.2, 0.25) is 5.91 Å². The number of fused-ring (bicyclic) bond motifs is 1. The zero-order valence-electron chi connectivity index (χ0n) is 14.2. The third-order valence-electron chi connectivity index (χ3n) is 5.01.